The molecule has 5 heteroatoms. The van der Waals surface area contributed by atoms with Gasteiger partial charge in [-0.3, -0.25) is 14.8 Å². The Kier molecular flexibility index (Phi) is 4.24. The number of aryl methyl sites for hydroxylation is 1. The lowest BCUT2D eigenvalue weighted by Crippen LogP contribution is -2.44. The molecular formula is C14H24N4O. The summed E-state index contributed by atoms with van der Waals surface area (Å²) >= 11 is 0. The average molecular weight is 264 g/mol. The van der Waals surface area contributed by atoms with Crippen molar-refractivity contribution in [2.75, 3.05) is 13.6 Å². The van der Waals surface area contributed by atoms with Crippen LogP contribution in [0.1, 0.15) is 44.0 Å². The molecule has 1 aromatic heterocycles. The summed E-state index contributed by atoms with van der Waals surface area (Å²) in [4.78, 5) is 13.9. The summed E-state index contributed by atoms with van der Waals surface area (Å²) in [5.74, 6) is 0.151. The zero-order valence-corrected chi connectivity index (χ0v) is 12.3. The second kappa shape index (κ2) is 5.74. The molecule has 2 unspecified atom stereocenters. The Labute approximate surface area is 115 Å². The highest BCUT2D eigenvalue weighted by atomic mass is 16.2. The molecule has 1 aromatic rings. The van der Waals surface area contributed by atoms with E-state index in [-0.39, 0.29) is 18.0 Å². The van der Waals surface area contributed by atoms with E-state index >= 15 is 0 Å². The molecule has 1 heterocycles. The van der Waals surface area contributed by atoms with Crippen LogP contribution in [0, 0.1) is 0 Å². The van der Waals surface area contributed by atoms with Gasteiger partial charge in [0.1, 0.15) is 0 Å². The number of nitrogens with zero attached hydrogens (tertiary/aromatic N) is 3. The first-order chi connectivity index (χ1) is 9.04. The highest BCUT2D eigenvalue weighted by Crippen LogP contribution is 2.29. The number of carbonyl (C=O) groups is 1. The van der Waals surface area contributed by atoms with Crippen molar-refractivity contribution in [1.82, 2.24) is 20.0 Å². The molecule has 0 aliphatic heterocycles. The summed E-state index contributed by atoms with van der Waals surface area (Å²) in [6, 6.07) is 0.0998. The maximum Gasteiger partial charge on any atom is 0.239 e. The van der Waals surface area contributed by atoms with Gasteiger partial charge in [-0.05, 0) is 33.1 Å². The molecule has 0 aromatic carbocycles. The van der Waals surface area contributed by atoms with Crippen LogP contribution in [-0.2, 0) is 18.3 Å². The van der Waals surface area contributed by atoms with Crippen LogP contribution in [-0.4, -0.2) is 40.2 Å². The van der Waals surface area contributed by atoms with E-state index in [4.69, 9.17) is 0 Å². The van der Waals surface area contributed by atoms with E-state index in [1.165, 1.54) is 11.3 Å². The molecule has 0 spiro atoms. The quantitative estimate of drug-likeness (QED) is 0.890. The topological polar surface area (TPSA) is 50.2 Å². The number of fused-ring (bicyclic) bond motifs is 1. The van der Waals surface area contributed by atoms with Crippen molar-refractivity contribution in [2.45, 2.75) is 45.2 Å². The molecule has 1 N–H and O–H groups in total. The summed E-state index contributed by atoms with van der Waals surface area (Å²) in [5.41, 5.74) is 2.56. The Hall–Kier alpha value is -1.36. The highest BCUT2D eigenvalue weighted by Gasteiger charge is 2.26. The zero-order chi connectivity index (χ0) is 14.0. The van der Waals surface area contributed by atoms with E-state index in [0.717, 1.165) is 25.8 Å². The molecule has 1 amide bonds. The molecule has 1 aliphatic rings. The number of hydrogen-bond acceptors (Lipinski definition) is 3. The van der Waals surface area contributed by atoms with Crippen LogP contribution in [0.3, 0.4) is 0 Å². The monoisotopic (exact) mass is 264 g/mol. The number of carbonyl (C=O) groups excluding carboxylic acids is 1. The van der Waals surface area contributed by atoms with Crippen LogP contribution in [0.25, 0.3) is 0 Å². The molecular weight excluding hydrogens is 240 g/mol. The van der Waals surface area contributed by atoms with Crippen LogP contribution < -0.4 is 5.32 Å². The van der Waals surface area contributed by atoms with Gasteiger partial charge in [-0.2, -0.15) is 5.10 Å². The Balaban J connectivity index is 2.06. The third-order valence-corrected chi connectivity index (χ3v) is 4.05. The fourth-order valence-corrected chi connectivity index (χ4v) is 2.74. The van der Waals surface area contributed by atoms with Gasteiger partial charge in [0.25, 0.3) is 0 Å². The second-order valence-electron chi connectivity index (χ2n) is 5.36. The van der Waals surface area contributed by atoms with E-state index in [0.29, 0.717) is 0 Å². The molecule has 0 saturated carbocycles. The molecule has 2 atom stereocenters. The van der Waals surface area contributed by atoms with Gasteiger partial charge in [-0.1, -0.05) is 0 Å². The van der Waals surface area contributed by atoms with Crippen molar-refractivity contribution in [3.63, 3.8) is 0 Å². The smallest absolute Gasteiger partial charge is 0.239 e. The van der Waals surface area contributed by atoms with Crippen LogP contribution in [0.4, 0.5) is 0 Å². The maximum absolute atomic E-state index is 12.1. The van der Waals surface area contributed by atoms with Crippen molar-refractivity contribution in [1.29, 1.82) is 0 Å². The van der Waals surface area contributed by atoms with Crippen molar-refractivity contribution < 1.29 is 4.79 Å². The third kappa shape index (κ3) is 2.81. The fraction of sp³-hybridized carbons (Fsp3) is 0.714. The minimum absolute atomic E-state index is 0.151. The van der Waals surface area contributed by atoms with Crippen LogP contribution in [0.2, 0.25) is 0 Å². The van der Waals surface area contributed by atoms with Crippen LogP contribution in [0.5, 0.6) is 0 Å². The maximum atomic E-state index is 12.1. The number of nitrogens with one attached hydrogen (secondary N) is 1. The Morgan fingerprint density at radius 1 is 1.68 bits per heavy atom. The summed E-state index contributed by atoms with van der Waals surface area (Å²) in [6.07, 6.45) is 5.25. The van der Waals surface area contributed by atoms with Crippen molar-refractivity contribution >= 4 is 5.91 Å². The van der Waals surface area contributed by atoms with Gasteiger partial charge in [0.05, 0.1) is 12.2 Å². The second-order valence-corrected chi connectivity index (χ2v) is 5.36. The predicted molar refractivity (Wildman–Crippen MR) is 74.8 cm³/mol. The largest absolute Gasteiger partial charge is 0.345 e. The number of hydrogen-bond donors (Lipinski definition) is 1. The minimum atomic E-state index is -0.152. The van der Waals surface area contributed by atoms with E-state index < -0.39 is 0 Å². The first-order valence-corrected chi connectivity index (χ1v) is 7.06. The lowest BCUT2D eigenvalue weighted by molar-refractivity contribution is -0.131. The summed E-state index contributed by atoms with van der Waals surface area (Å²) in [5, 5.41) is 7.79. The van der Waals surface area contributed by atoms with Crippen LogP contribution >= 0.6 is 0 Å². The van der Waals surface area contributed by atoms with Crippen molar-refractivity contribution in [2.24, 2.45) is 7.05 Å². The van der Waals surface area contributed by atoms with Gasteiger partial charge in [0, 0.05) is 37.9 Å². The van der Waals surface area contributed by atoms with Gasteiger partial charge in [-0.25, -0.2) is 0 Å². The lowest BCUT2D eigenvalue weighted by Gasteiger charge is -2.28. The normalized spacial score (nSPS) is 19.9. The number of rotatable bonds is 4. The number of aromatic nitrogens is 2. The highest BCUT2D eigenvalue weighted by molar-refractivity contribution is 5.81. The molecule has 0 bridgehead atoms. The Morgan fingerprint density at radius 3 is 3.11 bits per heavy atom. The van der Waals surface area contributed by atoms with Gasteiger partial charge >= 0.3 is 0 Å². The van der Waals surface area contributed by atoms with Gasteiger partial charge in [0.15, 0.2) is 0 Å². The molecule has 2 rings (SSSR count). The fourth-order valence-electron chi connectivity index (χ4n) is 2.74. The zero-order valence-electron chi connectivity index (χ0n) is 12.3. The lowest BCUT2D eigenvalue weighted by atomic mass is 9.92. The first-order valence-electron chi connectivity index (χ1n) is 7.06. The third-order valence-electron chi connectivity index (χ3n) is 4.05. The van der Waals surface area contributed by atoms with E-state index in [2.05, 4.69) is 10.4 Å². The SMILES string of the molecule is CCN(C)C(=O)C(C)NC1CCCc2c1cnn2C. The van der Waals surface area contributed by atoms with Gasteiger partial charge in [-0.15, -0.1) is 0 Å². The molecule has 1 aliphatic carbocycles. The number of likely N-dealkylation sites (N-methyl/N-ethyl adjacent to an activating group) is 1. The summed E-state index contributed by atoms with van der Waals surface area (Å²) in [7, 11) is 3.83. The average Bonchev–Trinajstić information content (AvgIpc) is 2.80. The predicted octanol–water partition coefficient (Wildman–Crippen LogP) is 1.25. The molecule has 106 valence electrons. The van der Waals surface area contributed by atoms with E-state index in [9.17, 15) is 4.79 Å². The summed E-state index contributed by atoms with van der Waals surface area (Å²) < 4.78 is 1.95. The van der Waals surface area contributed by atoms with Gasteiger partial charge in [0.2, 0.25) is 5.91 Å². The molecule has 5 nitrogen and oxygen atoms in total. The van der Waals surface area contributed by atoms with E-state index in [1.54, 1.807) is 4.90 Å². The molecule has 0 radical (unpaired) electrons. The van der Waals surface area contributed by atoms with Crippen LogP contribution in [0.15, 0.2) is 6.20 Å². The molecule has 19 heavy (non-hydrogen) atoms. The minimum Gasteiger partial charge on any atom is -0.345 e. The Morgan fingerprint density at radius 2 is 2.42 bits per heavy atom. The Bertz CT molecular complexity index is 454. The van der Waals surface area contributed by atoms with Crippen molar-refractivity contribution in [3.8, 4) is 0 Å². The van der Waals surface area contributed by atoms with E-state index in [1.807, 2.05) is 38.8 Å². The number of amides is 1. The standard InChI is InChI=1S/C14H24N4O/c1-5-17(3)14(19)10(2)16-12-7-6-8-13-11(12)9-15-18(13)4/h9-10,12,16H,5-8H2,1-4H3. The first kappa shape index (κ1) is 14.1. The van der Waals surface area contributed by atoms with Crippen molar-refractivity contribution in [3.05, 3.63) is 17.5 Å². The molecule has 0 fully saturated rings. The molecule has 0 saturated heterocycles. The van der Waals surface area contributed by atoms with Gasteiger partial charge < -0.3 is 4.90 Å². The summed E-state index contributed by atoms with van der Waals surface area (Å²) in [6.45, 7) is 4.68.